The number of halogens is 3. The molecule has 10 heteroatoms. The van der Waals surface area contributed by atoms with E-state index in [4.69, 9.17) is 10.5 Å². The summed E-state index contributed by atoms with van der Waals surface area (Å²) in [5.74, 6) is -2.05. The van der Waals surface area contributed by atoms with Gasteiger partial charge in [0.1, 0.15) is 5.00 Å². The van der Waals surface area contributed by atoms with E-state index < -0.39 is 29.7 Å². The van der Waals surface area contributed by atoms with E-state index in [0.717, 1.165) is 41.8 Å². The Labute approximate surface area is 180 Å². The van der Waals surface area contributed by atoms with E-state index in [1.807, 2.05) is 0 Å². The summed E-state index contributed by atoms with van der Waals surface area (Å²) in [5.41, 5.74) is 5.92. The Morgan fingerprint density at radius 1 is 1.16 bits per heavy atom. The van der Waals surface area contributed by atoms with Crippen LogP contribution in [-0.2, 0) is 39.8 Å². The number of primary amides is 1. The van der Waals surface area contributed by atoms with Crippen LogP contribution in [0.1, 0.15) is 51.7 Å². The minimum absolute atomic E-state index is 0.166. The molecule has 0 fully saturated rings. The number of fused-ring (bicyclic) bond motifs is 1. The number of esters is 1. The monoisotopic (exact) mass is 454 g/mol. The highest BCUT2D eigenvalue weighted by molar-refractivity contribution is 7.17. The number of amides is 2. The van der Waals surface area contributed by atoms with Gasteiger partial charge in [-0.2, -0.15) is 13.2 Å². The number of hydrogen-bond acceptors (Lipinski definition) is 5. The quantitative estimate of drug-likeness (QED) is 0.648. The van der Waals surface area contributed by atoms with Gasteiger partial charge >= 0.3 is 12.1 Å². The number of ether oxygens (including phenoxy) is 1. The Hall–Kier alpha value is -2.88. The lowest BCUT2D eigenvalue weighted by Crippen LogP contribution is -2.35. The van der Waals surface area contributed by atoms with Crippen LogP contribution in [0.25, 0.3) is 0 Å². The van der Waals surface area contributed by atoms with E-state index in [1.54, 1.807) is 0 Å². The van der Waals surface area contributed by atoms with Crippen LogP contribution in [-0.4, -0.2) is 23.9 Å². The number of carbonyl (C=O) groups is 3. The molecular formula is C21H21F3N2O4S. The van der Waals surface area contributed by atoms with Crippen molar-refractivity contribution in [2.75, 3.05) is 5.32 Å². The van der Waals surface area contributed by atoms with Gasteiger partial charge in [0.05, 0.1) is 11.1 Å². The third kappa shape index (κ3) is 5.43. The molecule has 0 radical (unpaired) electrons. The lowest BCUT2D eigenvalue weighted by atomic mass is 9.95. The molecule has 2 aromatic rings. The third-order valence-corrected chi connectivity index (χ3v) is 6.14. The van der Waals surface area contributed by atoms with Crippen molar-refractivity contribution in [1.82, 2.24) is 0 Å². The lowest BCUT2D eigenvalue weighted by molar-refractivity contribution is -0.137. The second kappa shape index (κ2) is 9.09. The Morgan fingerprint density at radius 2 is 1.81 bits per heavy atom. The first-order valence-corrected chi connectivity index (χ1v) is 10.5. The molecule has 1 aliphatic carbocycles. The number of nitrogens with two attached hydrogens (primary N) is 1. The maximum atomic E-state index is 12.9. The maximum Gasteiger partial charge on any atom is 0.416 e. The largest absolute Gasteiger partial charge is 0.448 e. The minimum Gasteiger partial charge on any atom is -0.448 e. The van der Waals surface area contributed by atoms with Gasteiger partial charge in [0.25, 0.3) is 5.91 Å². The molecule has 31 heavy (non-hydrogen) atoms. The van der Waals surface area contributed by atoms with Gasteiger partial charge in [0.15, 0.2) is 6.10 Å². The second-order valence-electron chi connectivity index (χ2n) is 7.29. The van der Waals surface area contributed by atoms with Crippen LogP contribution in [0, 0.1) is 0 Å². The van der Waals surface area contributed by atoms with E-state index >= 15 is 0 Å². The number of benzene rings is 1. The Bertz CT molecular complexity index is 999. The fourth-order valence-corrected chi connectivity index (χ4v) is 4.79. The molecule has 3 N–H and O–H groups in total. The Balaban J connectivity index is 1.82. The van der Waals surface area contributed by atoms with Crippen LogP contribution >= 0.6 is 11.3 Å². The standard InChI is InChI=1S/C21H21F3N2O4S/c1-11(27)26-19-17(14-4-2-3-5-16(14)31-19)20(29)30-15(18(25)28)10-12-6-8-13(9-7-12)21(22,23)24/h6-9,15H,2-5,10H2,1H3,(H2,25,28)(H,26,27). The molecule has 1 aromatic carbocycles. The molecule has 1 unspecified atom stereocenters. The van der Waals surface area contributed by atoms with Crippen molar-refractivity contribution in [2.45, 2.75) is 51.3 Å². The molecule has 3 rings (SSSR count). The molecule has 1 aromatic heterocycles. The molecule has 166 valence electrons. The lowest BCUT2D eigenvalue weighted by Gasteiger charge is -2.17. The zero-order chi connectivity index (χ0) is 22.8. The van der Waals surface area contributed by atoms with Crippen molar-refractivity contribution >= 4 is 34.1 Å². The number of anilines is 1. The molecule has 0 saturated heterocycles. The summed E-state index contributed by atoms with van der Waals surface area (Å²) < 4.78 is 43.6. The summed E-state index contributed by atoms with van der Waals surface area (Å²) in [6.07, 6.45) is -2.73. The fourth-order valence-electron chi connectivity index (χ4n) is 3.46. The Morgan fingerprint density at radius 3 is 2.39 bits per heavy atom. The number of thiophene rings is 1. The Kier molecular flexibility index (Phi) is 6.68. The van der Waals surface area contributed by atoms with E-state index in [2.05, 4.69) is 5.32 Å². The molecular weight excluding hydrogens is 433 g/mol. The summed E-state index contributed by atoms with van der Waals surface area (Å²) in [4.78, 5) is 37.4. The van der Waals surface area contributed by atoms with E-state index in [1.165, 1.54) is 30.4 Å². The van der Waals surface area contributed by atoms with Crippen molar-refractivity contribution in [3.63, 3.8) is 0 Å². The van der Waals surface area contributed by atoms with Crippen molar-refractivity contribution in [3.8, 4) is 0 Å². The molecule has 0 spiro atoms. The van der Waals surface area contributed by atoms with Crippen molar-refractivity contribution in [3.05, 3.63) is 51.4 Å². The van der Waals surface area contributed by atoms with Crippen molar-refractivity contribution in [2.24, 2.45) is 5.73 Å². The highest BCUT2D eigenvalue weighted by Gasteiger charge is 2.32. The number of alkyl halides is 3. The maximum absolute atomic E-state index is 12.9. The zero-order valence-corrected chi connectivity index (χ0v) is 17.5. The molecule has 1 aliphatic rings. The summed E-state index contributed by atoms with van der Waals surface area (Å²) in [5, 5.41) is 3.00. The van der Waals surface area contributed by atoms with Gasteiger partial charge in [0.2, 0.25) is 5.91 Å². The smallest absolute Gasteiger partial charge is 0.416 e. The first-order valence-electron chi connectivity index (χ1n) is 9.65. The van der Waals surface area contributed by atoms with Crippen LogP contribution < -0.4 is 11.1 Å². The predicted octanol–water partition coefficient (Wildman–Crippen LogP) is 3.86. The highest BCUT2D eigenvalue weighted by atomic mass is 32.1. The van der Waals surface area contributed by atoms with Crippen LogP contribution in [0.15, 0.2) is 24.3 Å². The van der Waals surface area contributed by atoms with E-state index in [-0.39, 0.29) is 17.9 Å². The zero-order valence-electron chi connectivity index (χ0n) is 16.7. The molecule has 6 nitrogen and oxygen atoms in total. The van der Waals surface area contributed by atoms with Gasteiger partial charge in [-0.25, -0.2) is 4.79 Å². The van der Waals surface area contributed by atoms with Gasteiger partial charge < -0.3 is 15.8 Å². The molecule has 0 saturated carbocycles. The number of nitrogens with one attached hydrogen (secondary N) is 1. The number of hydrogen-bond donors (Lipinski definition) is 2. The minimum atomic E-state index is -4.48. The van der Waals surface area contributed by atoms with Crippen molar-refractivity contribution < 1.29 is 32.3 Å². The van der Waals surface area contributed by atoms with Crippen LogP contribution in [0.2, 0.25) is 0 Å². The van der Waals surface area contributed by atoms with Gasteiger partial charge in [-0.15, -0.1) is 11.3 Å². The van der Waals surface area contributed by atoms with E-state index in [0.29, 0.717) is 17.0 Å². The second-order valence-corrected chi connectivity index (χ2v) is 8.40. The molecule has 2 amide bonds. The van der Waals surface area contributed by atoms with Crippen LogP contribution in [0.3, 0.4) is 0 Å². The first-order chi connectivity index (χ1) is 14.6. The van der Waals surface area contributed by atoms with Gasteiger partial charge in [0, 0.05) is 18.2 Å². The predicted molar refractivity (Wildman–Crippen MR) is 109 cm³/mol. The number of carbonyl (C=O) groups excluding carboxylic acids is 3. The average Bonchev–Trinajstić information content (AvgIpc) is 3.04. The number of aryl methyl sites for hydroxylation is 1. The SMILES string of the molecule is CC(=O)Nc1sc2c(c1C(=O)OC(Cc1ccc(C(F)(F)F)cc1)C(N)=O)CCCC2. The normalized spacial score (nSPS) is 14.5. The highest BCUT2D eigenvalue weighted by Crippen LogP contribution is 2.39. The number of rotatable bonds is 6. The molecule has 0 aliphatic heterocycles. The average molecular weight is 454 g/mol. The summed E-state index contributed by atoms with van der Waals surface area (Å²) in [6, 6.07) is 4.20. The summed E-state index contributed by atoms with van der Waals surface area (Å²) in [6.45, 7) is 1.32. The van der Waals surface area contributed by atoms with Crippen LogP contribution in [0.4, 0.5) is 18.2 Å². The summed E-state index contributed by atoms with van der Waals surface area (Å²) >= 11 is 1.31. The van der Waals surface area contributed by atoms with E-state index in [9.17, 15) is 27.6 Å². The van der Waals surface area contributed by atoms with Crippen molar-refractivity contribution in [1.29, 1.82) is 0 Å². The molecule has 1 heterocycles. The molecule has 1 atom stereocenters. The van der Waals surface area contributed by atoms with Gasteiger partial charge in [-0.3, -0.25) is 9.59 Å². The first kappa shape index (κ1) is 22.8. The molecule has 0 bridgehead atoms. The van der Waals surface area contributed by atoms with Gasteiger partial charge in [-0.05, 0) is 48.9 Å². The van der Waals surface area contributed by atoms with Gasteiger partial charge in [-0.1, -0.05) is 12.1 Å². The topological polar surface area (TPSA) is 98.5 Å². The third-order valence-electron chi connectivity index (χ3n) is 4.93. The fraction of sp³-hybridized carbons (Fsp3) is 0.381. The van der Waals surface area contributed by atoms with Crippen LogP contribution in [0.5, 0.6) is 0 Å². The summed E-state index contributed by atoms with van der Waals surface area (Å²) in [7, 11) is 0.